The Morgan fingerprint density at radius 1 is 0.680 bits per heavy atom. The van der Waals surface area contributed by atoms with Gasteiger partial charge in [-0.05, 0) is 62.4 Å². The van der Waals surface area contributed by atoms with Gasteiger partial charge in [-0.25, -0.2) is 0 Å². The third-order valence-electron chi connectivity index (χ3n) is 4.29. The standard InChI is InChI=1S/C20H30N4O/c1-3-23(19-9-5-17(21)6-10-19)13-15-25-16-14-24(4-2)20-11-7-18(22)8-12-20/h5-12H,3-4,13-16,21-22H2,1-2H3. The summed E-state index contributed by atoms with van der Waals surface area (Å²) in [5, 5.41) is 0. The van der Waals surface area contributed by atoms with Gasteiger partial charge in [0, 0.05) is 48.9 Å². The van der Waals surface area contributed by atoms with Crippen LogP contribution in [0.3, 0.4) is 0 Å². The average molecular weight is 342 g/mol. The molecule has 25 heavy (non-hydrogen) atoms. The number of likely N-dealkylation sites (N-methyl/N-ethyl adjacent to an activating group) is 2. The van der Waals surface area contributed by atoms with Gasteiger partial charge in [-0.1, -0.05) is 0 Å². The Morgan fingerprint density at radius 3 is 1.36 bits per heavy atom. The summed E-state index contributed by atoms with van der Waals surface area (Å²) in [4.78, 5) is 4.58. The molecule has 2 rings (SSSR count). The number of nitrogen functional groups attached to an aromatic ring is 2. The maximum absolute atomic E-state index is 5.86. The zero-order valence-corrected chi connectivity index (χ0v) is 15.3. The zero-order valence-electron chi connectivity index (χ0n) is 15.3. The van der Waals surface area contributed by atoms with Crippen LogP contribution in [0.4, 0.5) is 22.7 Å². The van der Waals surface area contributed by atoms with E-state index >= 15 is 0 Å². The molecule has 5 nitrogen and oxygen atoms in total. The summed E-state index contributed by atoms with van der Waals surface area (Å²) in [6.07, 6.45) is 0. The van der Waals surface area contributed by atoms with E-state index in [-0.39, 0.29) is 0 Å². The second-order valence-electron chi connectivity index (χ2n) is 5.95. The maximum atomic E-state index is 5.86. The number of hydrogen-bond acceptors (Lipinski definition) is 5. The molecular formula is C20H30N4O. The van der Waals surface area contributed by atoms with Gasteiger partial charge in [-0.2, -0.15) is 0 Å². The second kappa shape index (κ2) is 9.79. The first-order chi connectivity index (χ1) is 12.1. The second-order valence-corrected chi connectivity index (χ2v) is 5.95. The lowest BCUT2D eigenvalue weighted by molar-refractivity contribution is 0.146. The van der Waals surface area contributed by atoms with Gasteiger partial charge < -0.3 is 26.0 Å². The quantitative estimate of drug-likeness (QED) is 0.512. The molecule has 0 heterocycles. The number of ether oxygens (including phenoxy) is 1. The average Bonchev–Trinajstić information content (AvgIpc) is 2.63. The fourth-order valence-corrected chi connectivity index (χ4v) is 2.76. The number of nitrogens with two attached hydrogens (primary N) is 2. The van der Waals surface area contributed by atoms with Crippen LogP contribution in [-0.2, 0) is 4.74 Å². The van der Waals surface area contributed by atoms with Crippen LogP contribution < -0.4 is 21.3 Å². The summed E-state index contributed by atoms with van der Waals surface area (Å²) in [6, 6.07) is 16.0. The van der Waals surface area contributed by atoms with E-state index in [1.165, 1.54) is 11.4 Å². The van der Waals surface area contributed by atoms with Crippen molar-refractivity contribution >= 4 is 22.7 Å². The monoisotopic (exact) mass is 342 g/mol. The SMILES string of the molecule is CCN(CCOCCN(CC)c1ccc(N)cc1)c1ccc(N)cc1. The summed E-state index contributed by atoms with van der Waals surface area (Å²) in [6.45, 7) is 9.34. The molecule has 0 aliphatic carbocycles. The molecule has 5 heteroatoms. The van der Waals surface area contributed by atoms with Crippen molar-refractivity contribution in [2.75, 3.05) is 60.7 Å². The highest BCUT2D eigenvalue weighted by Gasteiger charge is 2.06. The predicted molar refractivity (Wildman–Crippen MR) is 108 cm³/mol. The molecule has 0 radical (unpaired) electrons. The van der Waals surface area contributed by atoms with Gasteiger partial charge in [0.05, 0.1) is 13.2 Å². The highest BCUT2D eigenvalue weighted by atomic mass is 16.5. The number of anilines is 4. The van der Waals surface area contributed by atoms with Crippen molar-refractivity contribution in [3.8, 4) is 0 Å². The normalized spacial score (nSPS) is 10.6. The van der Waals surface area contributed by atoms with E-state index in [0.717, 1.165) is 37.6 Å². The van der Waals surface area contributed by atoms with Crippen LogP contribution in [0.25, 0.3) is 0 Å². The van der Waals surface area contributed by atoms with Crippen LogP contribution >= 0.6 is 0 Å². The van der Waals surface area contributed by atoms with Gasteiger partial charge in [0.1, 0.15) is 0 Å². The molecule has 0 aliphatic heterocycles. The number of hydrogen-bond donors (Lipinski definition) is 2. The Balaban J connectivity index is 1.74. The molecule has 0 fully saturated rings. The van der Waals surface area contributed by atoms with Crippen LogP contribution in [0, 0.1) is 0 Å². The van der Waals surface area contributed by atoms with Crippen molar-refractivity contribution in [1.29, 1.82) is 0 Å². The lowest BCUT2D eigenvalue weighted by Gasteiger charge is -2.25. The number of nitrogens with zero attached hydrogens (tertiary/aromatic N) is 2. The molecule has 4 N–H and O–H groups in total. The maximum Gasteiger partial charge on any atom is 0.0642 e. The highest BCUT2D eigenvalue weighted by molar-refractivity contribution is 5.53. The predicted octanol–water partition coefficient (Wildman–Crippen LogP) is 3.22. The van der Waals surface area contributed by atoms with Gasteiger partial charge in [0.15, 0.2) is 0 Å². The number of benzene rings is 2. The topological polar surface area (TPSA) is 67.8 Å². The molecule has 0 saturated heterocycles. The lowest BCUT2D eigenvalue weighted by Crippen LogP contribution is -2.30. The third-order valence-corrected chi connectivity index (χ3v) is 4.29. The van der Waals surface area contributed by atoms with E-state index < -0.39 is 0 Å². The molecule has 0 spiro atoms. The van der Waals surface area contributed by atoms with Gasteiger partial charge >= 0.3 is 0 Å². The minimum Gasteiger partial charge on any atom is -0.399 e. The minimum absolute atomic E-state index is 0.706. The fraction of sp³-hybridized carbons (Fsp3) is 0.400. The molecule has 0 aliphatic rings. The van der Waals surface area contributed by atoms with Gasteiger partial charge in [0.25, 0.3) is 0 Å². The van der Waals surface area contributed by atoms with Crippen molar-refractivity contribution in [3.05, 3.63) is 48.5 Å². The van der Waals surface area contributed by atoms with Gasteiger partial charge in [-0.15, -0.1) is 0 Å². The number of rotatable bonds is 10. The molecule has 0 aromatic heterocycles. The third kappa shape index (κ3) is 5.87. The summed E-state index contributed by atoms with van der Waals surface area (Å²) >= 11 is 0. The Kier molecular flexibility index (Phi) is 7.41. The van der Waals surface area contributed by atoms with Crippen LogP contribution in [0.5, 0.6) is 0 Å². The van der Waals surface area contributed by atoms with E-state index in [9.17, 15) is 0 Å². The van der Waals surface area contributed by atoms with Gasteiger partial charge in [-0.3, -0.25) is 0 Å². The van der Waals surface area contributed by atoms with Crippen molar-refractivity contribution in [2.24, 2.45) is 0 Å². The molecule has 0 amide bonds. The molecule has 0 atom stereocenters. The molecule has 2 aromatic carbocycles. The molecule has 0 unspecified atom stereocenters. The van der Waals surface area contributed by atoms with Crippen molar-refractivity contribution < 1.29 is 4.74 Å². The minimum atomic E-state index is 0.706. The van der Waals surface area contributed by atoms with Crippen molar-refractivity contribution in [1.82, 2.24) is 0 Å². The fourth-order valence-electron chi connectivity index (χ4n) is 2.76. The molecular weight excluding hydrogens is 312 g/mol. The van der Waals surface area contributed by atoms with Crippen LogP contribution in [0.2, 0.25) is 0 Å². The molecule has 136 valence electrons. The first-order valence-corrected chi connectivity index (χ1v) is 8.92. The highest BCUT2D eigenvalue weighted by Crippen LogP contribution is 2.17. The Labute approximate surface area is 151 Å². The van der Waals surface area contributed by atoms with Crippen LogP contribution in [0.1, 0.15) is 13.8 Å². The van der Waals surface area contributed by atoms with E-state index in [2.05, 4.69) is 47.9 Å². The van der Waals surface area contributed by atoms with Crippen molar-refractivity contribution in [2.45, 2.75) is 13.8 Å². The summed E-state index contributed by atoms with van der Waals surface area (Å²) in [7, 11) is 0. The summed E-state index contributed by atoms with van der Waals surface area (Å²) in [5.74, 6) is 0. The Morgan fingerprint density at radius 2 is 1.04 bits per heavy atom. The largest absolute Gasteiger partial charge is 0.399 e. The van der Waals surface area contributed by atoms with Crippen LogP contribution in [0.15, 0.2) is 48.5 Å². The first kappa shape index (κ1) is 18.9. The van der Waals surface area contributed by atoms with Crippen molar-refractivity contribution in [3.63, 3.8) is 0 Å². The Hall–Kier alpha value is -2.40. The van der Waals surface area contributed by atoms with E-state index in [4.69, 9.17) is 16.2 Å². The summed E-state index contributed by atoms with van der Waals surface area (Å²) in [5.41, 5.74) is 15.4. The smallest absolute Gasteiger partial charge is 0.0642 e. The van der Waals surface area contributed by atoms with Gasteiger partial charge in [0.2, 0.25) is 0 Å². The molecule has 0 bridgehead atoms. The Bertz CT molecular complexity index is 557. The van der Waals surface area contributed by atoms with Crippen LogP contribution in [-0.4, -0.2) is 39.4 Å². The lowest BCUT2D eigenvalue weighted by atomic mass is 10.2. The first-order valence-electron chi connectivity index (χ1n) is 8.92. The van der Waals surface area contributed by atoms with E-state index in [1.807, 2.05) is 24.3 Å². The molecule has 2 aromatic rings. The zero-order chi connectivity index (χ0) is 18.1. The van der Waals surface area contributed by atoms with E-state index in [1.54, 1.807) is 0 Å². The summed E-state index contributed by atoms with van der Waals surface area (Å²) < 4.78 is 5.86. The van der Waals surface area contributed by atoms with E-state index in [0.29, 0.717) is 13.2 Å². The molecule has 0 saturated carbocycles.